The lowest BCUT2D eigenvalue weighted by molar-refractivity contribution is -0.137. The van der Waals surface area contributed by atoms with Gasteiger partial charge in [-0.1, -0.05) is 18.2 Å². The van der Waals surface area contributed by atoms with E-state index >= 15 is 0 Å². The van der Waals surface area contributed by atoms with Crippen LogP contribution in [-0.2, 0) is 15.2 Å². The third-order valence-corrected chi connectivity index (χ3v) is 4.01. The predicted octanol–water partition coefficient (Wildman–Crippen LogP) is 1.55. The van der Waals surface area contributed by atoms with Gasteiger partial charge in [-0.3, -0.25) is 9.59 Å². The zero-order chi connectivity index (χ0) is 17.9. The highest BCUT2D eigenvalue weighted by atomic mass is 19.1. The Hall–Kier alpha value is -2.93. The highest BCUT2D eigenvalue weighted by molar-refractivity contribution is 6.39. The molecule has 0 aliphatic carbocycles. The van der Waals surface area contributed by atoms with Gasteiger partial charge in [0.2, 0.25) is 0 Å². The molecule has 6 nitrogen and oxygen atoms in total. The summed E-state index contributed by atoms with van der Waals surface area (Å²) in [5.41, 5.74) is -0.433. The van der Waals surface area contributed by atoms with Gasteiger partial charge < -0.3 is 20.5 Å². The van der Waals surface area contributed by atoms with Gasteiger partial charge in [0.1, 0.15) is 17.2 Å². The van der Waals surface area contributed by atoms with Crippen molar-refractivity contribution in [3.8, 4) is 5.75 Å². The van der Waals surface area contributed by atoms with E-state index in [-0.39, 0.29) is 6.54 Å². The first-order valence-corrected chi connectivity index (χ1v) is 7.77. The van der Waals surface area contributed by atoms with Gasteiger partial charge in [0, 0.05) is 17.7 Å². The van der Waals surface area contributed by atoms with Crippen LogP contribution in [0.15, 0.2) is 48.5 Å². The number of amides is 2. The molecule has 0 saturated heterocycles. The van der Waals surface area contributed by atoms with Crippen LogP contribution >= 0.6 is 0 Å². The number of carbonyl (C=O) groups excluding carboxylic acids is 2. The Labute approximate surface area is 143 Å². The van der Waals surface area contributed by atoms with E-state index in [0.717, 1.165) is 0 Å². The fourth-order valence-electron chi connectivity index (χ4n) is 2.65. The molecule has 1 atom stereocenters. The molecule has 7 heteroatoms. The standard InChI is InChI=1S/C18H17FN2O4/c19-12-5-7-13(8-6-12)21-17(23)16(22)20-11-18(24)9-10-25-15-4-2-1-3-14(15)18/h1-8,24H,9-11H2,(H,20,22)(H,21,23). The Kier molecular flexibility index (Phi) is 4.67. The number of benzene rings is 2. The van der Waals surface area contributed by atoms with Gasteiger partial charge in [-0.2, -0.15) is 0 Å². The molecule has 1 unspecified atom stereocenters. The minimum atomic E-state index is -1.30. The van der Waals surface area contributed by atoms with E-state index in [1.165, 1.54) is 24.3 Å². The number of nitrogens with one attached hydrogen (secondary N) is 2. The Balaban J connectivity index is 1.62. The lowest BCUT2D eigenvalue weighted by Crippen LogP contribution is -2.46. The molecule has 1 aliphatic rings. The molecule has 0 fully saturated rings. The monoisotopic (exact) mass is 344 g/mol. The highest BCUT2D eigenvalue weighted by Crippen LogP contribution is 2.36. The van der Waals surface area contributed by atoms with Crippen molar-refractivity contribution in [3.05, 3.63) is 59.9 Å². The summed E-state index contributed by atoms with van der Waals surface area (Å²) in [7, 11) is 0. The number of carbonyl (C=O) groups is 2. The number of rotatable bonds is 3. The summed E-state index contributed by atoms with van der Waals surface area (Å²) in [6.07, 6.45) is 0.296. The maximum atomic E-state index is 12.8. The van der Waals surface area contributed by atoms with E-state index < -0.39 is 23.2 Å². The number of hydrogen-bond acceptors (Lipinski definition) is 4. The van der Waals surface area contributed by atoms with Gasteiger partial charge >= 0.3 is 11.8 Å². The normalized spacial score (nSPS) is 18.6. The molecule has 2 aromatic rings. The summed E-state index contributed by atoms with van der Waals surface area (Å²) in [6, 6.07) is 12.1. The average Bonchev–Trinajstić information content (AvgIpc) is 2.62. The minimum absolute atomic E-state index is 0.122. The molecule has 3 N–H and O–H groups in total. The molecule has 2 amide bonds. The SMILES string of the molecule is O=C(NCC1(O)CCOc2ccccc21)C(=O)Nc1ccc(F)cc1. The van der Waals surface area contributed by atoms with Gasteiger partial charge in [0.05, 0.1) is 13.2 Å². The fourth-order valence-corrected chi connectivity index (χ4v) is 2.65. The third-order valence-electron chi connectivity index (χ3n) is 4.01. The Morgan fingerprint density at radius 1 is 1.12 bits per heavy atom. The van der Waals surface area contributed by atoms with Gasteiger partial charge in [-0.05, 0) is 30.3 Å². The van der Waals surface area contributed by atoms with Crippen LogP contribution in [0.3, 0.4) is 0 Å². The number of halogens is 1. The highest BCUT2D eigenvalue weighted by Gasteiger charge is 2.36. The van der Waals surface area contributed by atoms with E-state index in [1.54, 1.807) is 24.3 Å². The fraction of sp³-hybridized carbons (Fsp3) is 0.222. The third kappa shape index (κ3) is 3.77. The van der Waals surface area contributed by atoms with Crippen molar-refractivity contribution in [1.29, 1.82) is 0 Å². The van der Waals surface area contributed by atoms with E-state index in [0.29, 0.717) is 30.0 Å². The van der Waals surface area contributed by atoms with Gasteiger partial charge in [0.25, 0.3) is 0 Å². The van der Waals surface area contributed by atoms with Crippen molar-refractivity contribution in [3.63, 3.8) is 0 Å². The first-order chi connectivity index (χ1) is 12.0. The maximum Gasteiger partial charge on any atom is 0.313 e. The second-order valence-electron chi connectivity index (χ2n) is 5.77. The molecular formula is C18H17FN2O4. The first-order valence-electron chi connectivity index (χ1n) is 7.77. The van der Waals surface area contributed by atoms with Crippen LogP contribution in [0.2, 0.25) is 0 Å². The number of anilines is 1. The number of aliphatic hydroxyl groups is 1. The molecule has 3 rings (SSSR count). The molecule has 25 heavy (non-hydrogen) atoms. The maximum absolute atomic E-state index is 12.8. The summed E-state index contributed by atoms with van der Waals surface area (Å²) in [5.74, 6) is -1.67. The van der Waals surface area contributed by atoms with Crippen LogP contribution in [0.25, 0.3) is 0 Å². The molecule has 0 aromatic heterocycles. The van der Waals surface area contributed by atoms with Crippen LogP contribution in [0, 0.1) is 5.82 Å². The van der Waals surface area contributed by atoms with Crippen molar-refractivity contribution >= 4 is 17.5 Å². The largest absolute Gasteiger partial charge is 0.493 e. The molecule has 1 aliphatic heterocycles. The van der Waals surface area contributed by atoms with Gasteiger partial charge in [-0.15, -0.1) is 0 Å². The lowest BCUT2D eigenvalue weighted by Gasteiger charge is -2.34. The van der Waals surface area contributed by atoms with Gasteiger partial charge in [0.15, 0.2) is 0 Å². The minimum Gasteiger partial charge on any atom is -0.493 e. The van der Waals surface area contributed by atoms with Crippen LogP contribution in [0.5, 0.6) is 5.75 Å². The van der Waals surface area contributed by atoms with E-state index in [4.69, 9.17) is 4.74 Å². The zero-order valence-corrected chi connectivity index (χ0v) is 13.3. The van der Waals surface area contributed by atoms with E-state index in [9.17, 15) is 19.1 Å². The van der Waals surface area contributed by atoms with Gasteiger partial charge in [-0.25, -0.2) is 4.39 Å². The summed E-state index contributed by atoms with van der Waals surface area (Å²) < 4.78 is 18.3. The van der Waals surface area contributed by atoms with Crippen molar-refractivity contribution in [2.24, 2.45) is 0 Å². The Morgan fingerprint density at radius 2 is 1.84 bits per heavy atom. The summed E-state index contributed by atoms with van der Waals surface area (Å²) >= 11 is 0. The number of para-hydroxylation sites is 1. The molecule has 0 spiro atoms. The van der Waals surface area contributed by atoms with Crippen LogP contribution in [-0.4, -0.2) is 30.1 Å². The van der Waals surface area contributed by atoms with Crippen LogP contribution in [0.1, 0.15) is 12.0 Å². The second-order valence-corrected chi connectivity index (χ2v) is 5.77. The molecule has 1 heterocycles. The molecule has 0 radical (unpaired) electrons. The molecule has 0 saturated carbocycles. The quantitative estimate of drug-likeness (QED) is 0.737. The van der Waals surface area contributed by atoms with Crippen molar-refractivity contribution in [2.45, 2.75) is 12.0 Å². The molecule has 0 bridgehead atoms. The molecular weight excluding hydrogens is 327 g/mol. The van der Waals surface area contributed by atoms with Crippen molar-refractivity contribution in [1.82, 2.24) is 5.32 Å². The Morgan fingerprint density at radius 3 is 2.60 bits per heavy atom. The van der Waals surface area contributed by atoms with E-state index in [1.807, 2.05) is 0 Å². The summed E-state index contributed by atoms with van der Waals surface area (Å²) in [6.45, 7) is 0.189. The van der Waals surface area contributed by atoms with Crippen molar-refractivity contribution < 1.29 is 23.8 Å². The molecule has 130 valence electrons. The van der Waals surface area contributed by atoms with Crippen molar-refractivity contribution in [2.75, 3.05) is 18.5 Å². The second kappa shape index (κ2) is 6.90. The van der Waals surface area contributed by atoms with Crippen LogP contribution < -0.4 is 15.4 Å². The lowest BCUT2D eigenvalue weighted by atomic mass is 9.88. The first kappa shape index (κ1) is 16.9. The summed E-state index contributed by atoms with van der Waals surface area (Å²) in [4.78, 5) is 23.9. The number of ether oxygens (including phenoxy) is 1. The van der Waals surface area contributed by atoms with E-state index in [2.05, 4.69) is 10.6 Å². The number of fused-ring (bicyclic) bond motifs is 1. The summed E-state index contributed by atoms with van der Waals surface area (Å²) in [5, 5.41) is 15.6. The van der Waals surface area contributed by atoms with Crippen LogP contribution in [0.4, 0.5) is 10.1 Å². The smallest absolute Gasteiger partial charge is 0.313 e. The zero-order valence-electron chi connectivity index (χ0n) is 13.3. The topological polar surface area (TPSA) is 87.7 Å². The average molecular weight is 344 g/mol. The molecule has 2 aromatic carbocycles. The Bertz CT molecular complexity index is 794. The number of hydrogen-bond donors (Lipinski definition) is 3. The predicted molar refractivity (Wildman–Crippen MR) is 88.5 cm³/mol.